The fourth-order valence-electron chi connectivity index (χ4n) is 2.91. The Bertz CT molecular complexity index is 1020. The Morgan fingerprint density at radius 1 is 1.03 bits per heavy atom. The minimum Gasteiger partial charge on any atom is -0.336 e. The van der Waals surface area contributed by atoms with Crippen LogP contribution in [-0.2, 0) is 11.3 Å². The van der Waals surface area contributed by atoms with E-state index >= 15 is 0 Å². The summed E-state index contributed by atoms with van der Waals surface area (Å²) in [5, 5.41) is 9.22. The molecule has 8 heteroatoms. The Morgan fingerprint density at radius 3 is 2.38 bits per heavy atom. The number of para-hydroxylation sites is 4. The molecule has 3 amide bonds. The molecule has 2 aromatic carbocycles. The van der Waals surface area contributed by atoms with Crippen molar-refractivity contribution in [1.82, 2.24) is 14.9 Å². The van der Waals surface area contributed by atoms with Gasteiger partial charge >= 0.3 is 6.03 Å². The highest BCUT2D eigenvalue weighted by atomic mass is 32.2. The molecule has 7 nitrogen and oxygen atoms in total. The van der Waals surface area contributed by atoms with Gasteiger partial charge in [0.15, 0.2) is 5.16 Å². The third-order valence-electron chi connectivity index (χ3n) is 4.14. The number of carbonyl (C=O) groups is 2. The van der Waals surface area contributed by atoms with Gasteiger partial charge in [-0.3, -0.25) is 4.79 Å². The van der Waals surface area contributed by atoms with Crippen LogP contribution in [0.5, 0.6) is 0 Å². The molecule has 0 spiro atoms. The SMILES string of the molecule is CCn1c(SCC(=O)Nc2ccccc2NC(=O)NC(C)C)nc2ccccc21. The lowest BCUT2D eigenvalue weighted by Gasteiger charge is -2.14. The molecule has 1 heterocycles. The van der Waals surface area contributed by atoms with Crippen LogP contribution >= 0.6 is 11.8 Å². The first kappa shape index (κ1) is 20.7. The van der Waals surface area contributed by atoms with Gasteiger partial charge < -0.3 is 20.5 Å². The number of anilines is 2. The Balaban J connectivity index is 1.65. The van der Waals surface area contributed by atoms with Crippen LogP contribution in [0.15, 0.2) is 53.7 Å². The van der Waals surface area contributed by atoms with Gasteiger partial charge in [-0.1, -0.05) is 36.0 Å². The number of fused-ring (bicyclic) bond motifs is 1. The second kappa shape index (κ2) is 9.47. The quantitative estimate of drug-likeness (QED) is 0.505. The Kier molecular flexibility index (Phi) is 6.77. The van der Waals surface area contributed by atoms with Gasteiger partial charge in [0.2, 0.25) is 5.91 Å². The first-order valence-corrected chi connectivity index (χ1v) is 10.5. The Morgan fingerprint density at radius 2 is 1.69 bits per heavy atom. The van der Waals surface area contributed by atoms with E-state index in [0.717, 1.165) is 22.7 Å². The molecule has 0 aliphatic rings. The third-order valence-corrected chi connectivity index (χ3v) is 5.11. The zero-order chi connectivity index (χ0) is 20.8. The van der Waals surface area contributed by atoms with Crippen molar-refractivity contribution in [3.63, 3.8) is 0 Å². The van der Waals surface area contributed by atoms with E-state index in [1.807, 2.05) is 44.2 Å². The molecular weight excluding hydrogens is 386 g/mol. The van der Waals surface area contributed by atoms with Crippen LogP contribution in [-0.4, -0.2) is 33.3 Å². The summed E-state index contributed by atoms with van der Waals surface area (Å²) in [5.74, 6) is 0.0544. The molecule has 3 aromatic rings. The minimum absolute atomic E-state index is 0.0194. The molecule has 3 rings (SSSR count). The van der Waals surface area contributed by atoms with Crippen LogP contribution in [0.25, 0.3) is 11.0 Å². The first-order valence-electron chi connectivity index (χ1n) is 9.52. The minimum atomic E-state index is -0.312. The van der Waals surface area contributed by atoms with Crippen molar-refractivity contribution >= 4 is 46.1 Å². The number of nitrogens with one attached hydrogen (secondary N) is 3. The maximum Gasteiger partial charge on any atom is 0.319 e. The normalized spacial score (nSPS) is 10.9. The summed E-state index contributed by atoms with van der Waals surface area (Å²) in [6.07, 6.45) is 0. The summed E-state index contributed by atoms with van der Waals surface area (Å²) < 4.78 is 2.10. The van der Waals surface area contributed by atoms with Crippen LogP contribution in [0.4, 0.5) is 16.2 Å². The van der Waals surface area contributed by atoms with Gasteiger partial charge in [-0.25, -0.2) is 9.78 Å². The lowest BCUT2D eigenvalue weighted by Crippen LogP contribution is -2.34. The molecule has 3 N–H and O–H groups in total. The smallest absolute Gasteiger partial charge is 0.319 e. The van der Waals surface area contributed by atoms with Crippen molar-refractivity contribution in [2.24, 2.45) is 0 Å². The van der Waals surface area contributed by atoms with Crippen molar-refractivity contribution < 1.29 is 9.59 Å². The zero-order valence-electron chi connectivity index (χ0n) is 16.7. The molecule has 29 heavy (non-hydrogen) atoms. The van der Waals surface area contributed by atoms with Gasteiger partial charge in [-0.05, 0) is 45.0 Å². The second-order valence-electron chi connectivity index (χ2n) is 6.76. The number of nitrogens with zero attached hydrogens (tertiary/aromatic N) is 2. The molecule has 0 saturated carbocycles. The standard InChI is InChI=1S/C21H25N5O2S/c1-4-26-18-12-8-7-11-17(18)25-21(26)29-13-19(27)23-15-9-5-6-10-16(15)24-20(28)22-14(2)3/h5-12,14H,4,13H2,1-3H3,(H,23,27)(H2,22,24,28). The highest BCUT2D eigenvalue weighted by Gasteiger charge is 2.13. The van der Waals surface area contributed by atoms with Gasteiger partial charge in [0.05, 0.1) is 28.2 Å². The summed E-state index contributed by atoms with van der Waals surface area (Å²) in [4.78, 5) is 29.1. The van der Waals surface area contributed by atoms with Gasteiger partial charge in [0.1, 0.15) is 0 Å². The molecule has 0 unspecified atom stereocenters. The Labute approximate surface area is 174 Å². The average Bonchev–Trinajstić information content (AvgIpc) is 3.04. The molecule has 0 fully saturated rings. The molecular formula is C21H25N5O2S. The van der Waals surface area contributed by atoms with Crippen molar-refractivity contribution in [3.8, 4) is 0 Å². The summed E-state index contributed by atoms with van der Waals surface area (Å²) in [6.45, 7) is 6.60. The number of carbonyl (C=O) groups excluding carboxylic acids is 2. The number of imidazole rings is 1. The van der Waals surface area contributed by atoms with Gasteiger partial charge in [0.25, 0.3) is 0 Å². The number of aryl methyl sites for hydroxylation is 1. The van der Waals surface area contributed by atoms with E-state index in [1.54, 1.807) is 18.2 Å². The monoisotopic (exact) mass is 411 g/mol. The van der Waals surface area contributed by atoms with Gasteiger partial charge in [-0.2, -0.15) is 0 Å². The highest BCUT2D eigenvalue weighted by molar-refractivity contribution is 7.99. The number of amides is 3. The number of rotatable bonds is 7. The van der Waals surface area contributed by atoms with Crippen molar-refractivity contribution in [3.05, 3.63) is 48.5 Å². The maximum absolute atomic E-state index is 12.5. The second-order valence-corrected chi connectivity index (χ2v) is 7.71. The van der Waals surface area contributed by atoms with Crippen molar-refractivity contribution in [1.29, 1.82) is 0 Å². The summed E-state index contributed by atoms with van der Waals surface area (Å²) in [7, 11) is 0. The molecule has 0 atom stereocenters. The number of benzene rings is 2. The first-order chi connectivity index (χ1) is 14.0. The predicted octanol–water partition coefficient (Wildman–Crippen LogP) is 4.32. The van der Waals surface area contributed by atoms with E-state index < -0.39 is 0 Å². The van der Waals surface area contributed by atoms with Crippen LogP contribution < -0.4 is 16.0 Å². The zero-order valence-corrected chi connectivity index (χ0v) is 17.5. The van der Waals surface area contributed by atoms with Crippen molar-refractivity contribution in [2.75, 3.05) is 16.4 Å². The maximum atomic E-state index is 12.5. The van der Waals surface area contributed by atoms with Crippen LogP contribution in [0.2, 0.25) is 0 Å². The summed E-state index contributed by atoms with van der Waals surface area (Å²) in [6, 6.07) is 14.8. The highest BCUT2D eigenvalue weighted by Crippen LogP contribution is 2.25. The van der Waals surface area contributed by atoms with Gasteiger partial charge in [-0.15, -0.1) is 0 Å². The molecule has 0 radical (unpaired) electrons. The summed E-state index contributed by atoms with van der Waals surface area (Å²) in [5.41, 5.74) is 3.08. The molecule has 0 saturated heterocycles. The molecule has 0 bridgehead atoms. The van der Waals surface area contributed by atoms with E-state index in [1.165, 1.54) is 11.8 Å². The molecule has 1 aromatic heterocycles. The van der Waals surface area contributed by atoms with E-state index in [-0.39, 0.29) is 23.7 Å². The molecule has 152 valence electrons. The topological polar surface area (TPSA) is 88.0 Å². The molecule has 0 aliphatic heterocycles. The molecule has 0 aliphatic carbocycles. The fraction of sp³-hybridized carbons (Fsp3) is 0.286. The largest absolute Gasteiger partial charge is 0.336 e. The average molecular weight is 412 g/mol. The number of hydrogen-bond donors (Lipinski definition) is 3. The van der Waals surface area contributed by atoms with E-state index in [2.05, 4.69) is 32.4 Å². The van der Waals surface area contributed by atoms with Crippen LogP contribution in [0.1, 0.15) is 20.8 Å². The Hall–Kier alpha value is -3.00. The van der Waals surface area contributed by atoms with Gasteiger partial charge in [0, 0.05) is 12.6 Å². The lowest BCUT2D eigenvalue weighted by molar-refractivity contribution is -0.113. The predicted molar refractivity (Wildman–Crippen MR) is 118 cm³/mol. The van der Waals surface area contributed by atoms with Crippen LogP contribution in [0, 0.1) is 0 Å². The van der Waals surface area contributed by atoms with E-state index in [0.29, 0.717) is 11.4 Å². The summed E-state index contributed by atoms with van der Waals surface area (Å²) >= 11 is 1.39. The number of urea groups is 1. The number of thioether (sulfide) groups is 1. The third kappa shape index (κ3) is 5.29. The van der Waals surface area contributed by atoms with Crippen LogP contribution in [0.3, 0.4) is 0 Å². The van der Waals surface area contributed by atoms with E-state index in [9.17, 15) is 9.59 Å². The lowest BCUT2D eigenvalue weighted by atomic mass is 10.2. The number of hydrogen-bond acceptors (Lipinski definition) is 4. The van der Waals surface area contributed by atoms with E-state index in [4.69, 9.17) is 0 Å². The number of aromatic nitrogens is 2. The fourth-order valence-corrected chi connectivity index (χ4v) is 3.79. The van der Waals surface area contributed by atoms with Crippen molar-refractivity contribution in [2.45, 2.75) is 38.5 Å².